The Kier molecular flexibility index (Phi) is 7.81. The maximum atomic E-state index is 13.5. The molecule has 1 N–H and O–H groups in total. The lowest BCUT2D eigenvalue weighted by molar-refractivity contribution is -0.152. The lowest BCUT2D eigenvalue weighted by Crippen LogP contribution is -2.43. The molecule has 0 radical (unpaired) electrons. The number of hydrogen-bond donors (Lipinski definition) is 1. The van der Waals surface area contributed by atoms with Crippen LogP contribution in [0.5, 0.6) is 5.75 Å². The molecule has 1 saturated carbocycles. The third kappa shape index (κ3) is 5.76. The van der Waals surface area contributed by atoms with Gasteiger partial charge in [-0.2, -0.15) is 0 Å². The van der Waals surface area contributed by atoms with Gasteiger partial charge in [-0.1, -0.05) is 69.0 Å². The first-order valence-electron chi connectivity index (χ1n) is 13.2. The molecule has 1 heterocycles. The first-order valence-corrected chi connectivity index (χ1v) is 13.2. The Morgan fingerprint density at radius 1 is 1.05 bits per heavy atom. The molecule has 1 spiro atoms. The number of ketones is 1. The molecule has 2 aromatic rings. The molecule has 37 heavy (non-hydrogen) atoms. The topological polar surface area (TPSA) is 96.3 Å². The molecular weight excluding hydrogens is 468 g/mol. The van der Waals surface area contributed by atoms with E-state index in [4.69, 9.17) is 9.73 Å². The van der Waals surface area contributed by atoms with Crippen molar-refractivity contribution >= 4 is 23.5 Å². The summed E-state index contributed by atoms with van der Waals surface area (Å²) in [6.07, 6.45) is 7.76. The van der Waals surface area contributed by atoms with E-state index in [2.05, 4.69) is 6.92 Å². The molecule has 0 atom stereocenters. The van der Waals surface area contributed by atoms with Crippen LogP contribution in [-0.4, -0.2) is 44.6 Å². The van der Waals surface area contributed by atoms with E-state index in [1.165, 1.54) is 13.8 Å². The van der Waals surface area contributed by atoms with E-state index in [0.717, 1.165) is 62.8 Å². The molecule has 0 saturated heterocycles. The molecule has 0 bridgehead atoms. The molecule has 4 rings (SSSR count). The zero-order valence-electron chi connectivity index (χ0n) is 22.0. The molecule has 1 amide bonds. The van der Waals surface area contributed by atoms with Gasteiger partial charge in [0.1, 0.15) is 17.1 Å². The Morgan fingerprint density at radius 3 is 2.41 bits per heavy atom. The van der Waals surface area contributed by atoms with Crippen molar-refractivity contribution in [2.24, 2.45) is 4.99 Å². The maximum absolute atomic E-state index is 13.5. The number of aliphatic imine (C=N–C) groups is 1. The second-order valence-electron chi connectivity index (χ2n) is 10.6. The van der Waals surface area contributed by atoms with Crippen molar-refractivity contribution in [2.45, 2.75) is 89.8 Å². The summed E-state index contributed by atoms with van der Waals surface area (Å²) < 4.78 is 5.58. The largest absolute Gasteiger partial charge is 0.478 e. The number of carboxylic acid groups (broad SMARTS) is 1. The average molecular weight is 505 g/mol. The minimum Gasteiger partial charge on any atom is -0.478 e. The van der Waals surface area contributed by atoms with Crippen LogP contribution in [0.3, 0.4) is 0 Å². The van der Waals surface area contributed by atoms with Crippen LogP contribution in [0.25, 0.3) is 0 Å². The summed E-state index contributed by atoms with van der Waals surface area (Å²) in [4.78, 5) is 44.9. The van der Waals surface area contributed by atoms with E-state index in [0.29, 0.717) is 23.4 Å². The van der Waals surface area contributed by atoms with Gasteiger partial charge in [0.05, 0.1) is 6.54 Å². The molecule has 1 fully saturated rings. The van der Waals surface area contributed by atoms with Crippen LogP contribution in [-0.2, 0) is 16.1 Å². The fourth-order valence-electron chi connectivity index (χ4n) is 5.02. The minimum atomic E-state index is -1.41. The molecule has 0 unspecified atom stereocenters. The third-order valence-electron chi connectivity index (χ3n) is 7.27. The number of aliphatic carboxylic acids is 1. The van der Waals surface area contributed by atoms with Gasteiger partial charge in [0, 0.05) is 17.5 Å². The predicted molar refractivity (Wildman–Crippen MR) is 142 cm³/mol. The van der Waals surface area contributed by atoms with Gasteiger partial charge in [0.25, 0.3) is 5.91 Å². The van der Waals surface area contributed by atoms with Crippen molar-refractivity contribution in [1.82, 2.24) is 4.90 Å². The predicted octanol–water partition coefficient (Wildman–Crippen LogP) is 5.79. The average Bonchev–Trinajstić information content (AvgIpc) is 3.13. The smallest absolute Gasteiger partial charge is 0.347 e. The Morgan fingerprint density at radius 2 is 1.76 bits per heavy atom. The fraction of sp³-hybridized carbons (Fsp3) is 0.467. The number of carboxylic acids is 1. The molecular formula is C30H36N2O5. The molecule has 7 heteroatoms. The Balaban J connectivity index is 1.48. The van der Waals surface area contributed by atoms with Crippen LogP contribution >= 0.6 is 0 Å². The van der Waals surface area contributed by atoms with E-state index in [1.54, 1.807) is 36.4 Å². The monoisotopic (exact) mass is 504 g/mol. The number of unbranched alkanes of at least 4 members (excludes halogenated alkanes) is 1. The maximum Gasteiger partial charge on any atom is 0.347 e. The van der Waals surface area contributed by atoms with Crippen molar-refractivity contribution < 1.29 is 24.2 Å². The third-order valence-corrected chi connectivity index (χ3v) is 7.27. The molecule has 7 nitrogen and oxygen atoms in total. The van der Waals surface area contributed by atoms with Crippen LogP contribution in [0.1, 0.15) is 93.6 Å². The zero-order valence-corrected chi connectivity index (χ0v) is 22.0. The van der Waals surface area contributed by atoms with Gasteiger partial charge in [0.2, 0.25) is 0 Å². The summed E-state index contributed by atoms with van der Waals surface area (Å²) in [5.74, 6) is 0.0647. The number of carbonyl (C=O) groups is 3. The quantitative estimate of drug-likeness (QED) is 0.413. The lowest BCUT2D eigenvalue weighted by Gasteiger charge is -2.29. The summed E-state index contributed by atoms with van der Waals surface area (Å²) in [7, 11) is 0. The number of nitrogens with zero attached hydrogens (tertiary/aromatic N) is 2. The van der Waals surface area contributed by atoms with Crippen molar-refractivity contribution in [3.05, 3.63) is 65.2 Å². The second kappa shape index (κ2) is 10.9. The Bertz CT molecular complexity index is 1190. The van der Waals surface area contributed by atoms with Crippen LogP contribution in [0.15, 0.2) is 53.5 Å². The number of carbonyl (C=O) groups excluding carboxylic acids is 2. The first-order chi connectivity index (χ1) is 17.6. The summed E-state index contributed by atoms with van der Waals surface area (Å²) in [6.45, 7) is 5.51. The molecule has 2 aliphatic rings. The van der Waals surface area contributed by atoms with Crippen LogP contribution in [0.2, 0.25) is 0 Å². The van der Waals surface area contributed by atoms with Crippen molar-refractivity contribution in [3.8, 4) is 5.75 Å². The minimum absolute atomic E-state index is 0.125. The van der Waals surface area contributed by atoms with Crippen molar-refractivity contribution in [1.29, 1.82) is 0 Å². The summed E-state index contributed by atoms with van der Waals surface area (Å²) in [5.41, 5.74) is -0.114. The summed E-state index contributed by atoms with van der Waals surface area (Å²) >= 11 is 0. The molecule has 196 valence electrons. The Hall–Kier alpha value is -3.48. The van der Waals surface area contributed by atoms with Crippen LogP contribution in [0.4, 0.5) is 0 Å². The van der Waals surface area contributed by atoms with E-state index in [9.17, 15) is 19.5 Å². The van der Waals surface area contributed by atoms with Gasteiger partial charge in [-0.15, -0.1) is 0 Å². The molecule has 2 aromatic carbocycles. The normalized spacial score (nSPS) is 17.1. The van der Waals surface area contributed by atoms with Gasteiger partial charge in [-0.3, -0.25) is 19.5 Å². The van der Waals surface area contributed by atoms with Crippen molar-refractivity contribution in [2.75, 3.05) is 0 Å². The summed E-state index contributed by atoms with van der Waals surface area (Å²) in [6, 6.07) is 13.9. The number of amidine groups is 1. The highest BCUT2D eigenvalue weighted by Gasteiger charge is 2.48. The fourth-order valence-corrected chi connectivity index (χ4v) is 5.02. The van der Waals surface area contributed by atoms with Crippen molar-refractivity contribution in [3.63, 3.8) is 0 Å². The Labute approximate surface area is 218 Å². The van der Waals surface area contributed by atoms with E-state index in [-0.39, 0.29) is 11.7 Å². The van der Waals surface area contributed by atoms with Gasteiger partial charge < -0.3 is 9.84 Å². The SMILES string of the molecule is CCCCC1=NC2(CCCCC2)C(=O)N1Cc1ccc(C(=O)c2cccc(OC(C)(C)C(=O)O)c2)cc1. The highest BCUT2D eigenvalue weighted by atomic mass is 16.5. The highest BCUT2D eigenvalue weighted by Crippen LogP contribution is 2.38. The number of rotatable bonds is 10. The van der Waals surface area contributed by atoms with Gasteiger partial charge in [0.15, 0.2) is 11.4 Å². The van der Waals surface area contributed by atoms with Gasteiger partial charge >= 0.3 is 5.97 Å². The molecule has 0 aromatic heterocycles. The molecule has 1 aliphatic heterocycles. The number of amides is 1. The number of benzene rings is 2. The van der Waals surface area contributed by atoms with E-state index >= 15 is 0 Å². The lowest BCUT2D eigenvalue weighted by atomic mass is 9.82. The van der Waals surface area contributed by atoms with E-state index in [1.807, 2.05) is 17.0 Å². The van der Waals surface area contributed by atoms with Gasteiger partial charge in [-0.25, -0.2) is 4.79 Å². The summed E-state index contributed by atoms with van der Waals surface area (Å²) in [5, 5.41) is 9.31. The number of hydrogen-bond acceptors (Lipinski definition) is 5. The standard InChI is InChI=1S/C30H36N2O5/c1-4-5-12-25-31-30(17-7-6-8-18-30)27(34)32(25)20-21-13-15-22(16-14-21)26(33)23-10-9-11-24(19-23)37-29(2,3)28(35)36/h9-11,13-16,19H,4-8,12,17-18,20H2,1-3H3,(H,35,36). The molecule has 1 aliphatic carbocycles. The zero-order chi connectivity index (χ0) is 26.6. The van der Waals surface area contributed by atoms with E-state index < -0.39 is 17.1 Å². The number of ether oxygens (including phenoxy) is 1. The highest BCUT2D eigenvalue weighted by molar-refractivity contribution is 6.09. The second-order valence-corrected chi connectivity index (χ2v) is 10.6. The van der Waals surface area contributed by atoms with Crippen LogP contribution < -0.4 is 4.74 Å². The first kappa shape index (κ1) is 26.6. The van der Waals surface area contributed by atoms with Gasteiger partial charge in [-0.05, 0) is 50.8 Å². The van der Waals surface area contributed by atoms with Crippen LogP contribution in [0, 0.1) is 0 Å².